The molecule has 0 aliphatic carbocycles. The Morgan fingerprint density at radius 2 is 1.82 bits per heavy atom. The number of aromatic nitrogens is 6. The van der Waals surface area contributed by atoms with Gasteiger partial charge in [0.2, 0.25) is 0 Å². The average molecular weight is 528 g/mol. The molecule has 0 bridgehead atoms. The highest BCUT2D eigenvalue weighted by Crippen LogP contribution is 2.24. The molecule has 1 amide bonds. The first-order chi connectivity index (χ1) is 19.4. The molecule has 0 aliphatic heterocycles. The van der Waals surface area contributed by atoms with E-state index in [0.717, 1.165) is 16.6 Å². The van der Waals surface area contributed by atoms with Crippen LogP contribution < -0.4 is 10.9 Å². The Balaban J connectivity index is 1.46. The zero-order chi connectivity index (χ0) is 27.8. The van der Waals surface area contributed by atoms with Gasteiger partial charge in [0.15, 0.2) is 5.65 Å². The fourth-order valence-corrected chi connectivity index (χ4v) is 4.79. The molecular weight excluding hydrogens is 502 g/mol. The summed E-state index contributed by atoms with van der Waals surface area (Å²) in [6, 6.07) is 18.2. The molecule has 0 radical (unpaired) electrons. The molecule has 1 atom stereocenters. The molecule has 0 spiro atoms. The Bertz CT molecular complexity index is 2020. The third kappa shape index (κ3) is 4.41. The molecule has 0 aliphatic rings. The molecule has 9 nitrogen and oxygen atoms in total. The van der Waals surface area contributed by atoms with Crippen LogP contribution in [-0.4, -0.2) is 34.9 Å². The van der Waals surface area contributed by atoms with Crippen molar-refractivity contribution in [3.05, 3.63) is 124 Å². The first-order valence-electron chi connectivity index (χ1n) is 12.8. The van der Waals surface area contributed by atoms with Crippen LogP contribution in [0.25, 0.3) is 22.1 Å². The van der Waals surface area contributed by atoms with Gasteiger partial charge in [-0.15, -0.1) is 0 Å². The summed E-state index contributed by atoms with van der Waals surface area (Å²) in [5, 5.41) is 12.8. The Morgan fingerprint density at radius 3 is 2.60 bits per heavy atom. The van der Waals surface area contributed by atoms with Crippen LogP contribution >= 0.6 is 0 Å². The van der Waals surface area contributed by atoms with Gasteiger partial charge >= 0.3 is 0 Å². The van der Waals surface area contributed by atoms with E-state index in [-0.39, 0.29) is 11.5 Å². The first-order valence-corrected chi connectivity index (χ1v) is 12.8. The topological polar surface area (TPSA) is 99.1 Å². The minimum absolute atomic E-state index is 0.218. The molecule has 4 aromatic heterocycles. The monoisotopic (exact) mass is 527 g/mol. The van der Waals surface area contributed by atoms with Crippen molar-refractivity contribution in [3.8, 4) is 17.5 Å². The van der Waals surface area contributed by atoms with Crippen LogP contribution in [0.2, 0.25) is 0 Å². The minimum Gasteiger partial charge on any atom is -0.344 e. The fraction of sp³-hybridized carbons (Fsp3) is 0.129. The van der Waals surface area contributed by atoms with Crippen molar-refractivity contribution < 1.29 is 4.79 Å². The van der Waals surface area contributed by atoms with Crippen LogP contribution in [0.1, 0.15) is 45.8 Å². The van der Waals surface area contributed by atoms with Gasteiger partial charge in [-0.05, 0) is 49.6 Å². The molecular formula is C31H25N7O2. The second kappa shape index (κ2) is 10.0. The van der Waals surface area contributed by atoms with Gasteiger partial charge in [0, 0.05) is 42.1 Å². The van der Waals surface area contributed by atoms with Crippen molar-refractivity contribution >= 4 is 22.3 Å². The molecule has 6 aromatic rings. The summed E-state index contributed by atoms with van der Waals surface area (Å²) in [5.74, 6) is 5.93. The molecule has 0 fully saturated rings. The summed E-state index contributed by atoms with van der Waals surface area (Å²) in [6.45, 7) is 3.75. The maximum atomic E-state index is 14.2. The number of nitrogens with zero attached hydrogens (tertiary/aromatic N) is 6. The largest absolute Gasteiger partial charge is 0.344 e. The number of para-hydroxylation sites is 1. The van der Waals surface area contributed by atoms with Crippen LogP contribution in [0.15, 0.2) is 90.2 Å². The van der Waals surface area contributed by atoms with Gasteiger partial charge in [0.1, 0.15) is 5.56 Å². The van der Waals surface area contributed by atoms with E-state index in [4.69, 9.17) is 0 Å². The predicted octanol–water partition coefficient (Wildman–Crippen LogP) is 3.97. The number of fused-ring (bicyclic) bond motifs is 2. The number of nitrogens with one attached hydrogen (secondary N) is 1. The van der Waals surface area contributed by atoms with Gasteiger partial charge in [0.25, 0.3) is 11.5 Å². The molecule has 0 saturated heterocycles. The predicted molar refractivity (Wildman–Crippen MR) is 152 cm³/mol. The zero-order valence-electron chi connectivity index (χ0n) is 22.2. The van der Waals surface area contributed by atoms with Crippen molar-refractivity contribution in [2.75, 3.05) is 0 Å². The molecule has 0 saturated carbocycles. The molecule has 6 rings (SSSR count). The standard InChI is InChI=1S/C31H25N7O2/c1-20-14-15-32-29-26(18-34-38(20)29)30(39)35-21(2)27-16-24-9-7-8-23(13-12-22-17-33-36(3)19-22)28(24)31(40)37(27)25-10-5-4-6-11-25/h4-11,14-19,21H,1-3H3,(H,35,39). The van der Waals surface area contributed by atoms with E-state index >= 15 is 0 Å². The molecule has 1 N–H and O–H groups in total. The van der Waals surface area contributed by atoms with Gasteiger partial charge < -0.3 is 5.32 Å². The summed E-state index contributed by atoms with van der Waals surface area (Å²) >= 11 is 0. The normalized spacial score (nSPS) is 11.8. The number of benzene rings is 2. The SMILES string of the molecule is Cc1ccnc2c(C(=O)NC(C)c3cc4cccc(C#Cc5cnn(C)c5)c4c(=O)n3-c3ccccc3)cnn12. The number of hydrogen-bond donors (Lipinski definition) is 1. The Kier molecular flexibility index (Phi) is 6.21. The maximum absolute atomic E-state index is 14.2. The zero-order valence-corrected chi connectivity index (χ0v) is 22.2. The van der Waals surface area contributed by atoms with Crippen molar-refractivity contribution in [1.29, 1.82) is 0 Å². The highest BCUT2D eigenvalue weighted by Gasteiger charge is 2.22. The quantitative estimate of drug-likeness (QED) is 0.350. The van der Waals surface area contributed by atoms with Gasteiger partial charge in [-0.1, -0.05) is 42.2 Å². The van der Waals surface area contributed by atoms with E-state index in [1.165, 1.54) is 6.20 Å². The number of carbonyl (C=O) groups is 1. The first kappa shape index (κ1) is 24.8. The highest BCUT2D eigenvalue weighted by atomic mass is 16.2. The second-order valence-electron chi connectivity index (χ2n) is 9.54. The number of pyridine rings is 1. The number of carbonyl (C=O) groups excluding carboxylic acids is 1. The third-order valence-corrected chi connectivity index (χ3v) is 6.76. The van der Waals surface area contributed by atoms with Crippen molar-refractivity contribution in [1.82, 2.24) is 34.3 Å². The number of rotatable bonds is 4. The second-order valence-corrected chi connectivity index (χ2v) is 9.54. The molecule has 2 aromatic carbocycles. The molecule has 9 heteroatoms. The van der Waals surface area contributed by atoms with Crippen LogP contribution in [-0.2, 0) is 7.05 Å². The van der Waals surface area contributed by atoms with E-state index in [2.05, 4.69) is 32.3 Å². The van der Waals surface area contributed by atoms with E-state index < -0.39 is 6.04 Å². The lowest BCUT2D eigenvalue weighted by Gasteiger charge is -2.21. The third-order valence-electron chi connectivity index (χ3n) is 6.76. The molecule has 40 heavy (non-hydrogen) atoms. The van der Waals surface area contributed by atoms with Crippen molar-refractivity contribution in [2.24, 2.45) is 7.05 Å². The number of aryl methyl sites for hydroxylation is 2. The maximum Gasteiger partial charge on any atom is 0.264 e. The summed E-state index contributed by atoms with van der Waals surface area (Å²) < 4.78 is 4.95. The summed E-state index contributed by atoms with van der Waals surface area (Å²) in [6.07, 6.45) is 6.67. The Labute approximate surface area is 229 Å². The Morgan fingerprint density at radius 1 is 1.00 bits per heavy atom. The highest BCUT2D eigenvalue weighted by molar-refractivity contribution is 6.00. The molecule has 4 heterocycles. The Hall–Kier alpha value is -5.49. The van der Waals surface area contributed by atoms with Crippen LogP contribution in [0, 0.1) is 18.8 Å². The van der Waals surface area contributed by atoms with E-state index in [9.17, 15) is 9.59 Å². The van der Waals surface area contributed by atoms with Gasteiger partial charge in [-0.2, -0.15) is 10.2 Å². The molecule has 1 unspecified atom stereocenters. The smallest absolute Gasteiger partial charge is 0.264 e. The lowest BCUT2D eigenvalue weighted by atomic mass is 10.0. The number of hydrogen-bond acceptors (Lipinski definition) is 5. The van der Waals surface area contributed by atoms with Crippen LogP contribution in [0.4, 0.5) is 0 Å². The lowest BCUT2D eigenvalue weighted by molar-refractivity contribution is 0.0940. The minimum atomic E-state index is -0.519. The summed E-state index contributed by atoms with van der Waals surface area (Å²) in [4.78, 5) is 31.9. The van der Waals surface area contributed by atoms with Gasteiger partial charge in [-0.25, -0.2) is 9.50 Å². The summed E-state index contributed by atoms with van der Waals surface area (Å²) in [5.41, 5.74) is 4.18. The van der Waals surface area contributed by atoms with E-state index in [1.54, 1.807) is 26.2 Å². The fourth-order valence-electron chi connectivity index (χ4n) is 4.79. The van der Waals surface area contributed by atoms with Gasteiger partial charge in [0.05, 0.1) is 29.4 Å². The average Bonchev–Trinajstić information content (AvgIpc) is 3.59. The van der Waals surface area contributed by atoms with Crippen LogP contribution in [0.3, 0.4) is 0 Å². The van der Waals surface area contributed by atoms with E-state index in [0.29, 0.717) is 33.5 Å². The van der Waals surface area contributed by atoms with E-state index in [1.807, 2.05) is 87.8 Å². The summed E-state index contributed by atoms with van der Waals surface area (Å²) in [7, 11) is 1.83. The van der Waals surface area contributed by atoms with Crippen molar-refractivity contribution in [3.63, 3.8) is 0 Å². The molecule has 196 valence electrons. The van der Waals surface area contributed by atoms with Crippen molar-refractivity contribution in [2.45, 2.75) is 19.9 Å². The van der Waals surface area contributed by atoms with Gasteiger partial charge in [-0.3, -0.25) is 18.8 Å². The lowest BCUT2D eigenvalue weighted by Crippen LogP contribution is -2.32. The number of amides is 1. The van der Waals surface area contributed by atoms with Crippen LogP contribution in [0.5, 0.6) is 0 Å².